The minimum Gasteiger partial charge on any atom is -0.352 e. The van der Waals surface area contributed by atoms with Gasteiger partial charge in [-0.3, -0.25) is 4.79 Å². The number of hydrogen-bond acceptors (Lipinski definition) is 4. The molecule has 0 aromatic rings. The van der Waals surface area contributed by atoms with Crippen LogP contribution in [0.5, 0.6) is 0 Å². The van der Waals surface area contributed by atoms with Crippen LogP contribution in [0.25, 0.3) is 0 Å². The molecule has 0 aromatic carbocycles. The van der Waals surface area contributed by atoms with Crippen molar-refractivity contribution in [3.05, 3.63) is 0 Å². The molecular formula is C12H28N4O. The molecule has 0 aromatic heterocycles. The Balaban J connectivity index is 3.67. The number of rotatable bonds is 10. The molecule has 0 rings (SSSR count). The summed E-state index contributed by atoms with van der Waals surface area (Å²) in [5.74, 6) is -0.0535. The molecule has 0 aliphatic carbocycles. The molecule has 0 fully saturated rings. The zero-order valence-electron chi connectivity index (χ0n) is 11.0. The van der Waals surface area contributed by atoms with Gasteiger partial charge in [0.1, 0.15) is 0 Å². The molecule has 1 amide bonds. The highest BCUT2D eigenvalue weighted by Gasteiger charge is 2.14. The van der Waals surface area contributed by atoms with Crippen LogP contribution in [0.4, 0.5) is 0 Å². The molecule has 0 spiro atoms. The Morgan fingerprint density at radius 3 is 2.12 bits per heavy atom. The highest BCUT2D eigenvalue weighted by molar-refractivity contribution is 5.81. The van der Waals surface area contributed by atoms with E-state index in [0.717, 1.165) is 32.1 Å². The van der Waals surface area contributed by atoms with E-state index in [1.54, 1.807) is 0 Å². The van der Waals surface area contributed by atoms with Crippen LogP contribution >= 0.6 is 0 Å². The maximum Gasteiger partial charge on any atom is 0.237 e. The SMILES string of the molecule is C[C@@H](CCCCN)NC(=O)[C@@H](N)CCCCN. The summed E-state index contributed by atoms with van der Waals surface area (Å²) in [6.45, 7) is 3.37. The third-order valence-corrected chi connectivity index (χ3v) is 2.79. The van der Waals surface area contributed by atoms with Gasteiger partial charge in [-0.1, -0.05) is 12.8 Å². The number of nitrogens with one attached hydrogen (secondary N) is 1. The summed E-state index contributed by atoms with van der Waals surface area (Å²) in [5.41, 5.74) is 16.6. The average molecular weight is 244 g/mol. The fourth-order valence-corrected chi connectivity index (χ4v) is 1.66. The van der Waals surface area contributed by atoms with Crippen molar-refractivity contribution in [1.82, 2.24) is 5.32 Å². The normalized spacial score (nSPS) is 14.4. The number of unbranched alkanes of at least 4 members (excludes halogenated alkanes) is 2. The molecular weight excluding hydrogens is 216 g/mol. The molecule has 102 valence electrons. The lowest BCUT2D eigenvalue weighted by atomic mass is 10.1. The quantitative estimate of drug-likeness (QED) is 0.408. The van der Waals surface area contributed by atoms with Crippen LogP contribution in [-0.4, -0.2) is 31.1 Å². The van der Waals surface area contributed by atoms with E-state index in [9.17, 15) is 4.79 Å². The Bertz CT molecular complexity index is 199. The lowest BCUT2D eigenvalue weighted by Crippen LogP contribution is -2.44. The maximum atomic E-state index is 11.7. The molecule has 0 heterocycles. The van der Waals surface area contributed by atoms with Crippen molar-refractivity contribution >= 4 is 5.91 Å². The first-order valence-corrected chi connectivity index (χ1v) is 6.58. The van der Waals surface area contributed by atoms with Crippen LogP contribution in [0, 0.1) is 0 Å². The average Bonchev–Trinajstić information content (AvgIpc) is 2.29. The van der Waals surface area contributed by atoms with Crippen molar-refractivity contribution in [2.75, 3.05) is 13.1 Å². The second-order valence-electron chi connectivity index (χ2n) is 4.59. The monoisotopic (exact) mass is 244 g/mol. The van der Waals surface area contributed by atoms with E-state index < -0.39 is 6.04 Å². The molecule has 5 heteroatoms. The number of carbonyl (C=O) groups is 1. The van der Waals surface area contributed by atoms with Crippen LogP contribution in [0.3, 0.4) is 0 Å². The summed E-state index contributed by atoms with van der Waals surface area (Å²) in [4.78, 5) is 11.7. The van der Waals surface area contributed by atoms with Crippen molar-refractivity contribution < 1.29 is 4.79 Å². The maximum absolute atomic E-state index is 11.7. The Morgan fingerprint density at radius 2 is 1.59 bits per heavy atom. The van der Waals surface area contributed by atoms with Gasteiger partial charge in [-0.05, 0) is 45.7 Å². The summed E-state index contributed by atoms with van der Waals surface area (Å²) >= 11 is 0. The highest BCUT2D eigenvalue weighted by atomic mass is 16.2. The fraction of sp³-hybridized carbons (Fsp3) is 0.917. The summed E-state index contributed by atoms with van der Waals surface area (Å²) in [6.07, 6.45) is 5.54. The predicted molar refractivity (Wildman–Crippen MR) is 71.4 cm³/mol. The predicted octanol–water partition coefficient (Wildman–Crippen LogP) is 0.0764. The second kappa shape index (κ2) is 10.5. The minimum atomic E-state index is -0.404. The van der Waals surface area contributed by atoms with Crippen molar-refractivity contribution in [3.8, 4) is 0 Å². The van der Waals surface area contributed by atoms with Gasteiger partial charge in [0.2, 0.25) is 5.91 Å². The largest absolute Gasteiger partial charge is 0.352 e. The molecule has 0 aliphatic rings. The molecule has 7 N–H and O–H groups in total. The van der Waals surface area contributed by atoms with Gasteiger partial charge in [0.05, 0.1) is 6.04 Å². The minimum absolute atomic E-state index is 0.0535. The van der Waals surface area contributed by atoms with Gasteiger partial charge in [0.25, 0.3) is 0 Å². The molecule has 2 atom stereocenters. The fourth-order valence-electron chi connectivity index (χ4n) is 1.66. The van der Waals surface area contributed by atoms with Gasteiger partial charge >= 0.3 is 0 Å². The third kappa shape index (κ3) is 9.09. The Labute approximate surface area is 104 Å². The van der Waals surface area contributed by atoms with Crippen LogP contribution in [0.1, 0.15) is 45.4 Å². The van der Waals surface area contributed by atoms with Crippen molar-refractivity contribution in [1.29, 1.82) is 0 Å². The smallest absolute Gasteiger partial charge is 0.237 e. The van der Waals surface area contributed by atoms with E-state index in [1.165, 1.54) is 0 Å². The van der Waals surface area contributed by atoms with Crippen molar-refractivity contribution in [2.24, 2.45) is 17.2 Å². The lowest BCUT2D eigenvalue weighted by molar-refractivity contribution is -0.123. The highest BCUT2D eigenvalue weighted by Crippen LogP contribution is 2.02. The molecule has 0 unspecified atom stereocenters. The number of hydrogen-bond donors (Lipinski definition) is 4. The first kappa shape index (κ1) is 16.4. The van der Waals surface area contributed by atoms with Gasteiger partial charge in [-0.2, -0.15) is 0 Å². The number of amides is 1. The van der Waals surface area contributed by atoms with Gasteiger partial charge in [-0.15, -0.1) is 0 Å². The first-order chi connectivity index (χ1) is 8.11. The van der Waals surface area contributed by atoms with E-state index in [1.807, 2.05) is 6.92 Å². The third-order valence-electron chi connectivity index (χ3n) is 2.79. The molecule has 0 aliphatic heterocycles. The zero-order chi connectivity index (χ0) is 13.1. The lowest BCUT2D eigenvalue weighted by Gasteiger charge is -2.17. The number of nitrogens with two attached hydrogens (primary N) is 3. The molecule has 17 heavy (non-hydrogen) atoms. The molecule has 0 bridgehead atoms. The van der Waals surface area contributed by atoms with E-state index in [0.29, 0.717) is 19.5 Å². The van der Waals surface area contributed by atoms with Gasteiger partial charge in [0, 0.05) is 6.04 Å². The Hall–Kier alpha value is -0.650. The van der Waals surface area contributed by atoms with E-state index in [4.69, 9.17) is 17.2 Å². The van der Waals surface area contributed by atoms with Gasteiger partial charge in [0.15, 0.2) is 0 Å². The van der Waals surface area contributed by atoms with Gasteiger partial charge < -0.3 is 22.5 Å². The van der Waals surface area contributed by atoms with Crippen molar-refractivity contribution in [3.63, 3.8) is 0 Å². The van der Waals surface area contributed by atoms with Crippen LogP contribution in [0.2, 0.25) is 0 Å². The second-order valence-corrected chi connectivity index (χ2v) is 4.59. The first-order valence-electron chi connectivity index (χ1n) is 6.58. The summed E-state index contributed by atoms with van der Waals surface area (Å²) in [5, 5.41) is 2.93. The van der Waals surface area contributed by atoms with Crippen LogP contribution in [0.15, 0.2) is 0 Å². The van der Waals surface area contributed by atoms with E-state index in [-0.39, 0.29) is 11.9 Å². The van der Waals surface area contributed by atoms with Crippen molar-refractivity contribution in [2.45, 2.75) is 57.5 Å². The molecule has 0 saturated carbocycles. The molecule has 0 radical (unpaired) electrons. The topological polar surface area (TPSA) is 107 Å². The number of carbonyl (C=O) groups excluding carboxylic acids is 1. The Morgan fingerprint density at radius 1 is 1.06 bits per heavy atom. The van der Waals surface area contributed by atoms with Crippen LogP contribution in [-0.2, 0) is 4.79 Å². The zero-order valence-corrected chi connectivity index (χ0v) is 11.0. The van der Waals surface area contributed by atoms with E-state index >= 15 is 0 Å². The summed E-state index contributed by atoms with van der Waals surface area (Å²) in [7, 11) is 0. The summed E-state index contributed by atoms with van der Waals surface area (Å²) < 4.78 is 0. The molecule has 5 nitrogen and oxygen atoms in total. The summed E-state index contributed by atoms with van der Waals surface area (Å²) in [6, 6.07) is -0.229. The Kier molecular flexibility index (Phi) is 10.1. The van der Waals surface area contributed by atoms with Gasteiger partial charge in [-0.25, -0.2) is 0 Å². The van der Waals surface area contributed by atoms with Crippen LogP contribution < -0.4 is 22.5 Å². The molecule has 0 saturated heterocycles. The standard InChI is InChI=1S/C12H28N4O/c1-10(6-2-4-8-13)16-12(17)11(15)7-3-5-9-14/h10-11H,2-9,13-15H2,1H3,(H,16,17)/t10-,11-/m0/s1. The van der Waals surface area contributed by atoms with E-state index in [2.05, 4.69) is 5.32 Å².